The number of sulfonamides is 1. The Balaban J connectivity index is 1.47. The number of pyridine rings is 2. The van der Waals surface area contributed by atoms with Gasteiger partial charge in [-0.2, -0.15) is 17.5 Å². The zero-order valence-corrected chi connectivity index (χ0v) is 19.0. The third-order valence-electron chi connectivity index (χ3n) is 5.31. The van der Waals surface area contributed by atoms with Crippen LogP contribution in [-0.2, 0) is 27.5 Å². The van der Waals surface area contributed by atoms with Crippen molar-refractivity contribution in [2.45, 2.75) is 36.3 Å². The summed E-state index contributed by atoms with van der Waals surface area (Å²) >= 11 is 0. The highest BCUT2D eigenvalue weighted by Crippen LogP contribution is 2.29. The van der Waals surface area contributed by atoms with Crippen molar-refractivity contribution in [1.29, 1.82) is 0 Å². The van der Waals surface area contributed by atoms with Gasteiger partial charge >= 0.3 is 6.18 Å². The molecule has 2 atom stereocenters. The van der Waals surface area contributed by atoms with E-state index in [4.69, 9.17) is 0 Å². The summed E-state index contributed by atoms with van der Waals surface area (Å²) in [6.07, 6.45) is -2.77. The molecule has 0 aliphatic carbocycles. The van der Waals surface area contributed by atoms with Gasteiger partial charge in [-0.1, -0.05) is 0 Å². The van der Waals surface area contributed by atoms with E-state index < -0.39 is 63.7 Å². The summed E-state index contributed by atoms with van der Waals surface area (Å²) in [5.41, 5.74) is -0.297. The fourth-order valence-corrected chi connectivity index (χ4v) is 5.19. The highest BCUT2D eigenvalue weighted by atomic mass is 32.2. The fourth-order valence-electron chi connectivity index (χ4n) is 3.59. The summed E-state index contributed by atoms with van der Waals surface area (Å²) in [7, 11) is -4.41. The number of hydrogen-bond donors (Lipinski definition) is 1. The van der Waals surface area contributed by atoms with E-state index in [9.17, 15) is 35.2 Å². The molecule has 4 heterocycles. The van der Waals surface area contributed by atoms with Crippen LogP contribution in [-0.4, -0.2) is 57.3 Å². The van der Waals surface area contributed by atoms with Crippen molar-refractivity contribution < 1.29 is 35.2 Å². The number of alkyl halides is 4. The van der Waals surface area contributed by atoms with E-state index in [1.807, 2.05) is 0 Å². The quantitative estimate of drug-likeness (QED) is 0.489. The Bertz CT molecular complexity index is 1370. The van der Waals surface area contributed by atoms with Crippen LogP contribution in [0.1, 0.15) is 17.8 Å². The second-order valence-corrected chi connectivity index (χ2v) is 9.70. The molecule has 9 nitrogen and oxygen atoms in total. The SMILES string of the molecule is O=C(NCc1cc(-c2ccc(C(F)(F)F)nc2)ncn1)[C@@H]1C[C@@H](F)CN1S(=O)(=O)c1cncc(F)c1. The molecule has 0 spiro atoms. The maximum absolute atomic E-state index is 14.1. The van der Waals surface area contributed by atoms with Gasteiger partial charge in [0.1, 0.15) is 34.9 Å². The molecular formula is C21H17F5N6O3S. The smallest absolute Gasteiger partial charge is 0.349 e. The van der Waals surface area contributed by atoms with Crippen LogP contribution in [0.4, 0.5) is 22.0 Å². The topological polar surface area (TPSA) is 118 Å². The lowest BCUT2D eigenvalue weighted by molar-refractivity contribution is -0.141. The number of carbonyl (C=O) groups excluding carboxylic acids is 1. The maximum atomic E-state index is 14.1. The Labute approximate surface area is 201 Å². The van der Waals surface area contributed by atoms with E-state index in [0.717, 1.165) is 37.1 Å². The Morgan fingerprint density at radius 2 is 1.89 bits per heavy atom. The van der Waals surface area contributed by atoms with Gasteiger partial charge in [-0.3, -0.25) is 14.8 Å². The van der Waals surface area contributed by atoms with E-state index in [0.29, 0.717) is 4.31 Å². The van der Waals surface area contributed by atoms with Gasteiger partial charge in [-0.25, -0.2) is 27.2 Å². The summed E-state index contributed by atoms with van der Waals surface area (Å²) in [6, 6.07) is 2.72. The van der Waals surface area contributed by atoms with Crippen molar-refractivity contribution in [3.8, 4) is 11.3 Å². The summed E-state index contributed by atoms with van der Waals surface area (Å²) in [5, 5.41) is 2.48. The maximum Gasteiger partial charge on any atom is 0.433 e. The Morgan fingerprint density at radius 1 is 1.11 bits per heavy atom. The predicted molar refractivity (Wildman–Crippen MR) is 113 cm³/mol. The van der Waals surface area contributed by atoms with Crippen molar-refractivity contribution in [2.75, 3.05) is 6.54 Å². The number of nitrogens with zero attached hydrogens (tertiary/aromatic N) is 5. The van der Waals surface area contributed by atoms with E-state index in [1.165, 1.54) is 12.1 Å². The molecule has 0 saturated carbocycles. The molecule has 0 radical (unpaired) electrons. The van der Waals surface area contributed by atoms with Crippen LogP contribution in [0, 0.1) is 5.82 Å². The first kappa shape index (κ1) is 25.5. The van der Waals surface area contributed by atoms with Crippen molar-refractivity contribution in [2.24, 2.45) is 0 Å². The molecule has 4 rings (SSSR count). The van der Waals surface area contributed by atoms with E-state index in [1.54, 1.807) is 0 Å². The van der Waals surface area contributed by atoms with Gasteiger partial charge in [-0.15, -0.1) is 0 Å². The van der Waals surface area contributed by atoms with Gasteiger partial charge in [0.15, 0.2) is 0 Å². The molecule has 1 fully saturated rings. The molecule has 0 unspecified atom stereocenters. The van der Waals surface area contributed by atoms with Crippen LogP contribution in [0.25, 0.3) is 11.3 Å². The zero-order valence-electron chi connectivity index (χ0n) is 18.2. The number of halogens is 5. The molecule has 1 amide bonds. The first-order chi connectivity index (χ1) is 16.9. The number of rotatable bonds is 6. The minimum Gasteiger partial charge on any atom is -0.349 e. The van der Waals surface area contributed by atoms with E-state index in [-0.39, 0.29) is 23.5 Å². The monoisotopic (exact) mass is 528 g/mol. The van der Waals surface area contributed by atoms with Crippen LogP contribution < -0.4 is 5.32 Å². The van der Waals surface area contributed by atoms with Crippen molar-refractivity contribution in [1.82, 2.24) is 29.6 Å². The molecule has 15 heteroatoms. The number of nitrogens with one attached hydrogen (secondary N) is 1. The molecule has 3 aromatic heterocycles. The minimum absolute atomic E-state index is 0.203. The summed E-state index contributed by atoms with van der Waals surface area (Å²) in [6.45, 7) is -0.791. The summed E-state index contributed by atoms with van der Waals surface area (Å²) in [4.78, 5) is 27.1. The third-order valence-corrected chi connectivity index (χ3v) is 7.15. The standard InChI is InChI=1S/C21H17F5N6O3S/c22-13-3-16(9-27-7-13)36(34,35)32-10-14(23)4-18(32)20(33)29-8-15-5-17(31-11-30-15)12-1-2-19(28-6-12)21(24,25)26/h1-3,5-7,9,11,14,18H,4,8,10H2,(H,29,33)/t14-,18+/m1/s1. The number of carbonyl (C=O) groups is 1. The average Bonchev–Trinajstić information content (AvgIpc) is 3.25. The van der Waals surface area contributed by atoms with Crippen molar-refractivity contribution in [3.63, 3.8) is 0 Å². The first-order valence-electron chi connectivity index (χ1n) is 10.3. The third kappa shape index (κ3) is 5.46. The lowest BCUT2D eigenvalue weighted by atomic mass is 10.1. The van der Waals surface area contributed by atoms with E-state index in [2.05, 4.69) is 25.3 Å². The van der Waals surface area contributed by atoms with Gasteiger partial charge in [0, 0.05) is 30.9 Å². The second-order valence-electron chi connectivity index (χ2n) is 7.80. The molecular weight excluding hydrogens is 511 g/mol. The predicted octanol–water partition coefficient (Wildman–Crippen LogP) is 2.51. The van der Waals surface area contributed by atoms with Gasteiger partial charge in [-0.05, 0) is 24.3 Å². The second kappa shape index (κ2) is 9.81. The van der Waals surface area contributed by atoms with Gasteiger partial charge in [0.25, 0.3) is 0 Å². The Hall–Kier alpha value is -3.59. The lowest BCUT2D eigenvalue weighted by Gasteiger charge is -2.22. The van der Waals surface area contributed by atoms with Crippen LogP contribution in [0.2, 0.25) is 0 Å². The molecule has 3 aromatic rings. The fraction of sp³-hybridized carbons (Fsp3) is 0.286. The van der Waals surface area contributed by atoms with Crippen LogP contribution in [0.3, 0.4) is 0 Å². The van der Waals surface area contributed by atoms with Gasteiger partial charge < -0.3 is 5.32 Å². The number of hydrogen-bond acceptors (Lipinski definition) is 7. The number of amides is 1. The normalized spacial score (nSPS) is 18.8. The number of aromatic nitrogens is 4. The minimum atomic E-state index is -4.59. The molecule has 1 aliphatic rings. The first-order valence-corrected chi connectivity index (χ1v) is 11.8. The Kier molecular flexibility index (Phi) is 6.95. The Morgan fingerprint density at radius 3 is 2.56 bits per heavy atom. The molecule has 1 N–H and O–H groups in total. The van der Waals surface area contributed by atoms with Crippen LogP contribution >= 0.6 is 0 Å². The molecule has 190 valence electrons. The molecule has 1 aliphatic heterocycles. The summed E-state index contributed by atoms with van der Waals surface area (Å²) < 4.78 is 92.2. The van der Waals surface area contributed by atoms with Crippen molar-refractivity contribution in [3.05, 3.63) is 66.4 Å². The lowest BCUT2D eigenvalue weighted by Crippen LogP contribution is -2.45. The average molecular weight is 528 g/mol. The molecule has 0 aromatic carbocycles. The molecule has 1 saturated heterocycles. The molecule has 36 heavy (non-hydrogen) atoms. The highest BCUT2D eigenvalue weighted by molar-refractivity contribution is 7.89. The van der Waals surface area contributed by atoms with E-state index >= 15 is 0 Å². The van der Waals surface area contributed by atoms with Crippen molar-refractivity contribution >= 4 is 15.9 Å². The van der Waals surface area contributed by atoms with Gasteiger partial charge in [0.2, 0.25) is 15.9 Å². The highest BCUT2D eigenvalue weighted by Gasteiger charge is 2.44. The largest absolute Gasteiger partial charge is 0.433 e. The summed E-state index contributed by atoms with van der Waals surface area (Å²) in [5.74, 6) is -1.71. The van der Waals surface area contributed by atoms with Crippen LogP contribution in [0.15, 0.2) is 54.1 Å². The van der Waals surface area contributed by atoms with Gasteiger partial charge in [0.05, 0.1) is 24.1 Å². The zero-order chi connectivity index (χ0) is 26.1. The molecule has 0 bridgehead atoms. The van der Waals surface area contributed by atoms with Crippen LogP contribution in [0.5, 0.6) is 0 Å².